The van der Waals surface area contributed by atoms with Gasteiger partial charge in [-0.2, -0.15) is 0 Å². The second-order valence-electron chi connectivity index (χ2n) is 5.23. The summed E-state index contributed by atoms with van der Waals surface area (Å²) in [5.74, 6) is -0.276. The van der Waals surface area contributed by atoms with Gasteiger partial charge in [0.05, 0.1) is 6.61 Å². The second kappa shape index (κ2) is 6.48. The quantitative estimate of drug-likeness (QED) is 0.719. The topological polar surface area (TPSA) is 42.1 Å². The van der Waals surface area contributed by atoms with E-state index < -0.39 is 0 Å². The van der Waals surface area contributed by atoms with Gasteiger partial charge < -0.3 is 9.72 Å². The number of para-hydroxylation sites is 1. The molecule has 1 heterocycles. The highest BCUT2D eigenvalue weighted by atomic mass is 16.5. The molecule has 0 radical (unpaired) electrons. The van der Waals surface area contributed by atoms with Gasteiger partial charge in [-0.3, -0.25) is 0 Å². The van der Waals surface area contributed by atoms with Crippen molar-refractivity contribution in [2.75, 3.05) is 6.61 Å². The molecule has 112 valence electrons. The van der Waals surface area contributed by atoms with E-state index in [1.807, 2.05) is 43.3 Å². The number of fused-ring (bicyclic) bond motifs is 1. The molecule has 0 saturated heterocycles. The van der Waals surface area contributed by atoms with Crippen molar-refractivity contribution in [2.45, 2.75) is 19.8 Å². The van der Waals surface area contributed by atoms with Crippen LogP contribution in [0.25, 0.3) is 10.9 Å². The van der Waals surface area contributed by atoms with Gasteiger partial charge in [0.15, 0.2) is 0 Å². The Labute approximate surface area is 129 Å². The van der Waals surface area contributed by atoms with E-state index in [1.54, 1.807) is 0 Å². The largest absolute Gasteiger partial charge is 0.461 e. The van der Waals surface area contributed by atoms with Gasteiger partial charge in [0.2, 0.25) is 0 Å². The Morgan fingerprint density at radius 1 is 1.00 bits per heavy atom. The van der Waals surface area contributed by atoms with Gasteiger partial charge >= 0.3 is 5.97 Å². The molecule has 0 bridgehead atoms. The van der Waals surface area contributed by atoms with Crippen molar-refractivity contribution in [3.8, 4) is 0 Å². The van der Waals surface area contributed by atoms with E-state index in [9.17, 15) is 4.79 Å². The van der Waals surface area contributed by atoms with Crippen LogP contribution in [0.5, 0.6) is 0 Å². The number of aromatic amines is 1. The minimum absolute atomic E-state index is 0.276. The fourth-order valence-electron chi connectivity index (χ4n) is 2.75. The van der Waals surface area contributed by atoms with Crippen LogP contribution in [0, 0.1) is 0 Å². The number of benzene rings is 2. The average molecular weight is 293 g/mol. The number of nitrogens with one attached hydrogen (secondary N) is 1. The summed E-state index contributed by atoms with van der Waals surface area (Å²) >= 11 is 0. The monoisotopic (exact) mass is 293 g/mol. The van der Waals surface area contributed by atoms with Crippen LogP contribution < -0.4 is 0 Å². The molecular weight excluding hydrogens is 274 g/mol. The molecule has 0 aliphatic rings. The normalized spacial score (nSPS) is 10.8. The summed E-state index contributed by atoms with van der Waals surface area (Å²) < 4.78 is 5.18. The van der Waals surface area contributed by atoms with Crippen molar-refractivity contribution in [1.82, 2.24) is 4.98 Å². The van der Waals surface area contributed by atoms with Crippen LogP contribution in [-0.4, -0.2) is 17.6 Å². The number of esters is 1. The average Bonchev–Trinajstić information content (AvgIpc) is 2.93. The zero-order valence-electron chi connectivity index (χ0n) is 12.6. The predicted octanol–water partition coefficient (Wildman–Crippen LogP) is 4.13. The first-order chi connectivity index (χ1) is 10.8. The summed E-state index contributed by atoms with van der Waals surface area (Å²) in [4.78, 5) is 15.4. The molecule has 0 fully saturated rings. The molecule has 3 rings (SSSR count). The Bertz CT molecular complexity index is 774. The third kappa shape index (κ3) is 2.89. The molecule has 1 N–H and O–H groups in total. The first-order valence-electron chi connectivity index (χ1n) is 7.60. The SMILES string of the molecule is CCOC(=O)c1[nH]c2ccccc2c1CCc1ccccc1. The first kappa shape index (κ1) is 14.4. The molecule has 2 aromatic carbocycles. The van der Waals surface area contributed by atoms with Crippen LogP contribution >= 0.6 is 0 Å². The lowest BCUT2D eigenvalue weighted by atomic mass is 10.0. The van der Waals surface area contributed by atoms with Crippen LogP contribution in [0.4, 0.5) is 0 Å². The summed E-state index contributed by atoms with van der Waals surface area (Å²) in [6, 6.07) is 18.3. The maximum atomic E-state index is 12.2. The molecule has 0 amide bonds. The van der Waals surface area contributed by atoms with E-state index in [2.05, 4.69) is 23.2 Å². The third-order valence-electron chi connectivity index (χ3n) is 3.80. The summed E-state index contributed by atoms with van der Waals surface area (Å²) in [6.07, 6.45) is 1.71. The van der Waals surface area contributed by atoms with Crippen LogP contribution in [0.2, 0.25) is 0 Å². The molecule has 0 atom stereocenters. The number of hydrogen-bond donors (Lipinski definition) is 1. The number of H-pyrrole nitrogens is 1. The van der Waals surface area contributed by atoms with Crippen LogP contribution in [-0.2, 0) is 17.6 Å². The molecule has 0 unspecified atom stereocenters. The first-order valence-corrected chi connectivity index (χ1v) is 7.60. The molecule has 0 saturated carbocycles. The van der Waals surface area contributed by atoms with Crippen molar-refractivity contribution in [1.29, 1.82) is 0 Å². The van der Waals surface area contributed by atoms with Crippen LogP contribution in [0.3, 0.4) is 0 Å². The number of carbonyl (C=O) groups is 1. The number of hydrogen-bond acceptors (Lipinski definition) is 2. The highest BCUT2D eigenvalue weighted by Gasteiger charge is 2.18. The van der Waals surface area contributed by atoms with Crippen molar-refractivity contribution >= 4 is 16.9 Å². The lowest BCUT2D eigenvalue weighted by Gasteiger charge is -2.05. The lowest BCUT2D eigenvalue weighted by Crippen LogP contribution is -2.08. The Balaban J connectivity index is 1.95. The van der Waals surface area contributed by atoms with Crippen LogP contribution in [0.15, 0.2) is 54.6 Å². The minimum atomic E-state index is -0.276. The molecule has 3 heteroatoms. The molecule has 22 heavy (non-hydrogen) atoms. The summed E-state index contributed by atoms with van der Waals surface area (Å²) in [5, 5.41) is 1.10. The van der Waals surface area contributed by atoms with Gasteiger partial charge in [-0.1, -0.05) is 48.5 Å². The highest BCUT2D eigenvalue weighted by molar-refractivity contribution is 5.98. The summed E-state index contributed by atoms with van der Waals surface area (Å²) in [6.45, 7) is 2.20. The van der Waals surface area contributed by atoms with Crippen molar-refractivity contribution in [2.24, 2.45) is 0 Å². The number of aryl methyl sites for hydroxylation is 2. The molecule has 3 aromatic rings. The smallest absolute Gasteiger partial charge is 0.355 e. The Hall–Kier alpha value is -2.55. The Morgan fingerprint density at radius 3 is 2.50 bits per heavy atom. The molecular formula is C19H19NO2. The van der Waals surface area contributed by atoms with Crippen molar-refractivity contribution in [3.05, 3.63) is 71.4 Å². The Kier molecular flexibility index (Phi) is 4.24. The maximum absolute atomic E-state index is 12.2. The fraction of sp³-hybridized carbons (Fsp3) is 0.211. The van der Waals surface area contributed by atoms with E-state index in [1.165, 1.54) is 5.56 Å². The second-order valence-corrected chi connectivity index (χ2v) is 5.23. The fourth-order valence-corrected chi connectivity index (χ4v) is 2.75. The predicted molar refractivity (Wildman–Crippen MR) is 88.1 cm³/mol. The van der Waals surface area contributed by atoms with E-state index in [-0.39, 0.29) is 5.97 Å². The highest BCUT2D eigenvalue weighted by Crippen LogP contribution is 2.24. The number of aromatic nitrogens is 1. The maximum Gasteiger partial charge on any atom is 0.355 e. The molecule has 0 aliphatic carbocycles. The van der Waals surface area contributed by atoms with Gasteiger partial charge in [-0.25, -0.2) is 4.79 Å². The van der Waals surface area contributed by atoms with Crippen molar-refractivity contribution in [3.63, 3.8) is 0 Å². The van der Waals surface area contributed by atoms with Gasteiger partial charge in [0.25, 0.3) is 0 Å². The zero-order valence-corrected chi connectivity index (χ0v) is 12.6. The number of rotatable bonds is 5. The van der Waals surface area contributed by atoms with Gasteiger partial charge in [0, 0.05) is 10.9 Å². The van der Waals surface area contributed by atoms with E-state index >= 15 is 0 Å². The third-order valence-corrected chi connectivity index (χ3v) is 3.80. The van der Waals surface area contributed by atoms with Gasteiger partial charge in [-0.05, 0) is 37.0 Å². The van der Waals surface area contributed by atoms with Crippen molar-refractivity contribution < 1.29 is 9.53 Å². The Morgan fingerprint density at radius 2 is 1.73 bits per heavy atom. The molecule has 3 nitrogen and oxygen atoms in total. The van der Waals surface area contributed by atoms with E-state index in [0.29, 0.717) is 12.3 Å². The molecule has 0 aliphatic heterocycles. The number of ether oxygens (including phenoxy) is 1. The molecule has 0 spiro atoms. The molecule has 1 aromatic heterocycles. The van der Waals surface area contributed by atoms with Gasteiger partial charge in [-0.15, -0.1) is 0 Å². The minimum Gasteiger partial charge on any atom is -0.461 e. The number of carbonyl (C=O) groups excluding carboxylic acids is 1. The standard InChI is InChI=1S/C19H19NO2/c1-2-22-19(21)18-16(13-12-14-8-4-3-5-9-14)15-10-6-7-11-17(15)20-18/h3-11,20H,2,12-13H2,1H3. The van der Waals surface area contributed by atoms with E-state index in [4.69, 9.17) is 4.74 Å². The van der Waals surface area contributed by atoms with E-state index in [0.717, 1.165) is 29.3 Å². The van der Waals surface area contributed by atoms with Crippen LogP contribution in [0.1, 0.15) is 28.5 Å². The zero-order chi connectivity index (χ0) is 15.4. The lowest BCUT2D eigenvalue weighted by molar-refractivity contribution is 0.0519. The van der Waals surface area contributed by atoms with Gasteiger partial charge in [0.1, 0.15) is 5.69 Å². The summed E-state index contributed by atoms with van der Waals surface area (Å²) in [7, 11) is 0. The summed E-state index contributed by atoms with van der Waals surface area (Å²) in [5.41, 5.74) is 3.87.